The molecule has 16 heavy (non-hydrogen) atoms. The van der Waals surface area contributed by atoms with Crippen LogP contribution in [-0.4, -0.2) is 37.5 Å². The van der Waals surface area contributed by atoms with E-state index in [9.17, 15) is 5.11 Å². The van der Waals surface area contributed by atoms with E-state index in [1.165, 1.54) is 19.3 Å². The van der Waals surface area contributed by atoms with Gasteiger partial charge in [0.25, 0.3) is 0 Å². The Labute approximate surface area is 97.9 Å². The third kappa shape index (κ3) is 2.84. The summed E-state index contributed by atoms with van der Waals surface area (Å²) in [5, 5.41) is 13.0. The molecule has 1 aliphatic heterocycles. The Kier molecular flexibility index (Phi) is 4.00. The van der Waals surface area contributed by atoms with Gasteiger partial charge in [-0.05, 0) is 31.6 Å². The summed E-state index contributed by atoms with van der Waals surface area (Å²) in [4.78, 5) is 0. The summed E-state index contributed by atoms with van der Waals surface area (Å²) in [6, 6.07) is 0.613. The molecule has 2 rings (SSSR count). The number of rotatable bonds is 8. The zero-order valence-corrected chi connectivity index (χ0v) is 9.95. The van der Waals surface area contributed by atoms with Gasteiger partial charge in [0, 0.05) is 12.6 Å². The molecule has 0 amide bonds. The van der Waals surface area contributed by atoms with E-state index in [1.807, 2.05) is 6.08 Å². The van der Waals surface area contributed by atoms with Crippen molar-refractivity contribution in [3.05, 3.63) is 12.7 Å². The highest BCUT2D eigenvalue weighted by atomic mass is 16.5. The minimum atomic E-state index is 0.00131. The highest BCUT2D eigenvalue weighted by Gasteiger charge is 2.39. The Morgan fingerprint density at radius 1 is 1.50 bits per heavy atom. The molecular weight excluding hydrogens is 202 g/mol. The molecule has 2 fully saturated rings. The molecule has 0 aromatic rings. The molecule has 0 bridgehead atoms. The molecule has 1 unspecified atom stereocenters. The van der Waals surface area contributed by atoms with Gasteiger partial charge in [0.15, 0.2) is 0 Å². The first-order chi connectivity index (χ1) is 7.79. The quantitative estimate of drug-likeness (QED) is 0.612. The van der Waals surface area contributed by atoms with Crippen molar-refractivity contribution in [1.82, 2.24) is 5.32 Å². The van der Waals surface area contributed by atoms with E-state index < -0.39 is 0 Å². The summed E-state index contributed by atoms with van der Waals surface area (Å²) < 4.78 is 5.20. The fraction of sp³-hybridized carbons (Fsp3) is 0.846. The van der Waals surface area contributed by atoms with E-state index in [4.69, 9.17) is 4.74 Å². The molecule has 92 valence electrons. The molecule has 1 atom stereocenters. The van der Waals surface area contributed by atoms with Crippen LogP contribution in [0.15, 0.2) is 12.7 Å². The Morgan fingerprint density at radius 3 is 2.69 bits per heavy atom. The van der Waals surface area contributed by atoms with Crippen molar-refractivity contribution in [2.24, 2.45) is 11.3 Å². The fourth-order valence-corrected chi connectivity index (χ4v) is 2.29. The number of aliphatic hydroxyl groups excluding tert-OH is 1. The first-order valence-electron chi connectivity index (χ1n) is 6.32. The molecular formula is C13H23NO2. The lowest BCUT2D eigenvalue weighted by Gasteiger charge is -2.41. The monoisotopic (exact) mass is 225 g/mol. The molecule has 1 aliphatic carbocycles. The smallest absolute Gasteiger partial charge is 0.0579 e. The molecule has 2 N–H and O–H groups in total. The van der Waals surface area contributed by atoms with Crippen molar-refractivity contribution in [3.8, 4) is 0 Å². The zero-order valence-electron chi connectivity index (χ0n) is 9.95. The first kappa shape index (κ1) is 12.1. The van der Waals surface area contributed by atoms with E-state index >= 15 is 0 Å². The van der Waals surface area contributed by atoms with Crippen LogP contribution in [0.3, 0.4) is 0 Å². The van der Waals surface area contributed by atoms with Crippen LogP contribution in [0.4, 0.5) is 0 Å². The van der Waals surface area contributed by atoms with Crippen molar-refractivity contribution < 1.29 is 9.84 Å². The second-order valence-electron chi connectivity index (χ2n) is 5.34. The third-order valence-electron chi connectivity index (χ3n) is 3.76. The summed E-state index contributed by atoms with van der Waals surface area (Å²) in [5.74, 6) is 0.858. The molecule has 1 saturated heterocycles. The van der Waals surface area contributed by atoms with Crippen LogP contribution in [0, 0.1) is 11.3 Å². The standard InChI is InChI=1S/C13H23NO2/c1-2-3-4-12(11-5-6-11)14-7-13(8-15)9-16-10-13/h2,11-12,14-15H,1,3-10H2. The van der Waals surface area contributed by atoms with Gasteiger partial charge >= 0.3 is 0 Å². The van der Waals surface area contributed by atoms with Gasteiger partial charge in [-0.1, -0.05) is 6.08 Å². The SMILES string of the molecule is C=CCCC(NCC1(CO)COC1)C1CC1. The van der Waals surface area contributed by atoms with Crippen molar-refractivity contribution in [2.45, 2.75) is 31.7 Å². The Hall–Kier alpha value is -0.380. The lowest BCUT2D eigenvalue weighted by molar-refractivity contribution is -0.135. The van der Waals surface area contributed by atoms with Gasteiger partial charge in [-0.25, -0.2) is 0 Å². The average molecular weight is 225 g/mol. The summed E-state index contributed by atoms with van der Waals surface area (Å²) in [6.45, 7) is 6.31. The number of hydrogen-bond acceptors (Lipinski definition) is 3. The minimum absolute atomic E-state index is 0.00131. The number of allylic oxidation sites excluding steroid dienone is 1. The molecule has 0 aromatic heterocycles. The topological polar surface area (TPSA) is 41.5 Å². The summed E-state index contributed by atoms with van der Waals surface area (Å²) in [6.07, 6.45) is 6.97. The minimum Gasteiger partial charge on any atom is -0.396 e. The average Bonchev–Trinajstić information content (AvgIpc) is 3.05. The van der Waals surface area contributed by atoms with E-state index in [0.29, 0.717) is 19.3 Å². The van der Waals surface area contributed by atoms with Crippen molar-refractivity contribution >= 4 is 0 Å². The highest BCUT2D eigenvalue weighted by molar-refractivity contribution is 4.92. The van der Waals surface area contributed by atoms with Gasteiger partial charge in [-0.3, -0.25) is 0 Å². The largest absolute Gasteiger partial charge is 0.396 e. The van der Waals surface area contributed by atoms with Crippen molar-refractivity contribution in [3.63, 3.8) is 0 Å². The van der Waals surface area contributed by atoms with Crippen molar-refractivity contribution in [1.29, 1.82) is 0 Å². The maximum atomic E-state index is 9.34. The van der Waals surface area contributed by atoms with Crippen LogP contribution in [0.2, 0.25) is 0 Å². The van der Waals surface area contributed by atoms with Gasteiger partial charge in [-0.2, -0.15) is 0 Å². The van der Waals surface area contributed by atoms with Crippen LogP contribution in [0.1, 0.15) is 25.7 Å². The Morgan fingerprint density at radius 2 is 2.25 bits per heavy atom. The second-order valence-corrected chi connectivity index (χ2v) is 5.34. The highest BCUT2D eigenvalue weighted by Crippen LogP contribution is 2.35. The van der Waals surface area contributed by atoms with E-state index in [2.05, 4.69) is 11.9 Å². The first-order valence-corrected chi connectivity index (χ1v) is 6.32. The van der Waals surface area contributed by atoms with Gasteiger partial charge in [0.05, 0.1) is 25.2 Å². The summed E-state index contributed by atoms with van der Waals surface area (Å²) in [5.41, 5.74) is 0.00131. The number of ether oxygens (including phenoxy) is 1. The predicted molar refractivity (Wildman–Crippen MR) is 64.3 cm³/mol. The van der Waals surface area contributed by atoms with Gasteiger partial charge in [0.1, 0.15) is 0 Å². The Bertz CT molecular complexity index is 229. The summed E-state index contributed by atoms with van der Waals surface area (Å²) >= 11 is 0. The van der Waals surface area contributed by atoms with E-state index in [1.54, 1.807) is 0 Å². The number of nitrogens with one attached hydrogen (secondary N) is 1. The van der Waals surface area contributed by atoms with Gasteiger partial charge in [0.2, 0.25) is 0 Å². The van der Waals surface area contributed by atoms with Gasteiger partial charge in [-0.15, -0.1) is 6.58 Å². The fourth-order valence-electron chi connectivity index (χ4n) is 2.29. The third-order valence-corrected chi connectivity index (χ3v) is 3.76. The maximum Gasteiger partial charge on any atom is 0.0579 e. The van der Waals surface area contributed by atoms with Crippen LogP contribution in [0.25, 0.3) is 0 Å². The maximum absolute atomic E-state index is 9.34. The Balaban J connectivity index is 1.74. The molecule has 0 aromatic carbocycles. The predicted octanol–water partition coefficient (Wildman–Crippen LogP) is 1.33. The molecule has 0 radical (unpaired) electrons. The molecule has 0 spiro atoms. The second kappa shape index (κ2) is 5.30. The zero-order chi connectivity index (χ0) is 11.4. The van der Waals surface area contributed by atoms with Gasteiger partial charge < -0.3 is 15.2 Å². The van der Waals surface area contributed by atoms with Crippen LogP contribution in [0.5, 0.6) is 0 Å². The lowest BCUT2D eigenvalue weighted by Crippen LogP contribution is -2.54. The normalized spacial score (nSPS) is 24.8. The number of aliphatic hydroxyl groups is 1. The van der Waals surface area contributed by atoms with Crippen LogP contribution >= 0.6 is 0 Å². The van der Waals surface area contributed by atoms with Crippen molar-refractivity contribution in [2.75, 3.05) is 26.4 Å². The van der Waals surface area contributed by atoms with E-state index in [-0.39, 0.29) is 12.0 Å². The lowest BCUT2D eigenvalue weighted by atomic mass is 9.86. The van der Waals surface area contributed by atoms with Crippen LogP contribution in [-0.2, 0) is 4.74 Å². The molecule has 1 saturated carbocycles. The molecule has 2 aliphatic rings. The van der Waals surface area contributed by atoms with Crippen LogP contribution < -0.4 is 5.32 Å². The molecule has 3 nitrogen and oxygen atoms in total. The molecule has 1 heterocycles. The molecule has 3 heteroatoms. The number of hydrogen-bond donors (Lipinski definition) is 2. The summed E-state index contributed by atoms with van der Waals surface area (Å²) in [7, 11) is 0. The van der Waals surface area contributed by atoms with E-state index in [0.717, 1.165) is 18.9 Å².